The number of benzene rings is 2. The third-order valence-electron chi connectivity index (χ3n) is 6.59. The van der Waals surface area contributed by atoms with Gasteiger partial charge in [-0.15, -0.1) is 11.3 Å². The quantitative estimate of drug-likeness (QED) is 0.532. The molecule has 0 radical (unpaired) electrons. The number of nitrogens with zero attached hydrogens (tertiary/aromatic N) is 3. The van der Waals surface area contributed by atoms with E-state index in [9.17, 15) is 9.59 Å². The van der Waals surface area contributed by atoms with Crippen LogP contribution < -0.4 is 15.0 Å². The van der Waals surface area contributed by atoms with Crippen LogP contribution >= 0.6 is 22.9 Å². The van der Waals surface area contributed by atoms with Gasteiger partial charge in [-0.2, -0.15) is 0 Å². The molecule has 1 unspecified atom stereocenters. The van der Waals surface area contributed by atoms with E-state index >= 15 is 0 Å². The lowest BCUT2D eigenvalue weighted by molar-refractivity contribution is -0.133. The number of halogens is 1. The van der Waals surface area contributed by atoms with Gasteiger partial charge in [0.05, 0.1) is 18.7 Å². The van der Waals surface area contributed by atoms with Crippen LogP contribution in [0.5, 0.6) is 5.75 Å². The summed E-state index contributed by atoms with van der Waals surface area (Å²) in [5.74, 6) is 0.356. The van der Waals surface area contributed by atoms with Crippen LogP contribution in [0.2, 0.25) is 5.02 Å². The summed E-state index contributed by atoms with van der Waals surface area (Å²) in [6.07, 6.45) is 2.62. The van der Waals surface area contributed by atoms with Crippen LogP contribution in [0.1, 0.15) is 39.7 Å². The zero-order valence-corrected chi connectivity index (χ0v) is 21.1. The lowest BCUT2D eigenvalue weighted by Crippen LogP contribution is -2.50. The Bertz CT molecular complexity index is 1220. The molecule has 2 amide bonds. The number of ether oxygens (including phenoxy) is 1. The number of piperazine rings is 1. The topological polar surface area (TPSA) is 74.8 Å². The number of aryl methyl sites for hydroxylation is 1. The highest BCUT2D eigenvalue weighted by atomic mass is 35.5. The molecule has 0 bridgehead atoms. The first-order valence-electron chi connectivity index (χ1n) is 11.8. The lowest BCUT2D eigenvalue weighted by atomic mass is 9.89. The Balaban J connectivity index is 1.24. The fraction of sp³-hybridized carbons (Fsp3) is 0.346. The summed E-state index contributed by atoms with van der Waals surface area (Å²) in [6.45, 7) is 2.88. The second-order valence-corrected chi connectivity index (χ2v) is 10.3. The molecule has 3 aromatic rings. The highest BCUT2D eigenvalue weighted by Gasteiger charge is 2.34. The zero-order chi connectivity index (χ0) is 24.4. The highest BCUT2D eigenvalue weighted by molar-refractivity contribution is 7.16. The molecule has 0 spiro atoms. The average Bonchev–Trinajstić information content (AvgIpc) is 3.31. The molecule has 1 fully saturated rings. The van der Waals surface area contributed by atoms with Crippen molar-refractivity contribution in [2.24, 2.45) is 0 Å². The Hall–Kier alpha value is -3.10. The standard InChI is InChI=1S/C26H27ClN4O3S/c1-34-20-10-8-17(9-11-20)24(32)29-26-28-23-21(6-3-7-22(23)35-26)25(33)31-14-12-30(13-15-31)19-5-2-4-18(27)16-19/h2,4-5,8-11,16,21H,3,6-7,12-15H2,1H3,(H,28,29,32). The molecule has 1 N–H and O–H groups in total. The summed E-state index contributed by atoms with van der Waals surface area (Å²) in [6, 6.07) is 14.8. The number of carbonyl (C=O) groups excluding carboxylic acids is 2. The van der Waals surface area contributed by atoms with Gasteiger partial charge in [0.25, 0.3) is 5.91 Å². The fourth-order valence-electron chi connectivity index (χ4n) is 4.70. The summed E-state index contributed by atoms with van der Waals surface area (Å²) >= 11 is 7.62. The minimum Gasteiger partial charge on any atom is -0.497 e. The first kappa shape index (κ1) is 23.6. The van der Waals surface area contributed by atoms with Gasteiger partial charge in [-0.25, -0.2) is 4.98 Å². The van der Waals surface area contributed by atoms with Crippen molar-refractivity contribution in [3.05, 3.63) is 69.7 Å². The molecule has 35 heavy (non-hydrogen) atoms. The Kier molecular flexibility index (Phi) is 6.92. The van der Waals surface area contributed by atoms with Crippen LogP contribution in [-0.4, -0.2) is 55.0 Å². The predicted octanol–water partition coefficient (Wildman–Crippen LogP) is 4.83. The van der Waals surface area contributed by atoms with Gasteiger partial charge in [-0.1, -0.05) is 17.7 Å². The summed E-state index contributed by atoms with van der Waals surface area (Å²) < 4.78 is 5.15. The molecule has 1 atom stereocenters. The van der Waals surface area contributed by atoms with Crippen LogP contribution in [0.25, 0.3) is 0 Å². The summed E-state index contributed by atoms with van der Waals surface area (Å²) in [7, 11) is 1.59. The zero-order valence-electron chi connectivity index (χ0n) is 19.5. The molecule has 182 valence electrons. The molecule has 2 heterocycles. The van der Waals surface area contributed by atoms with Crippen LogP contribution in [0.15, 0.2) is 48.5 Å². The van der Waals surface area contributed by atoms with Gasteiger partial charge in [-0.3, -0.25) is 14.9 Å². The third-order valence-corrected chi connectivity index (χ3v) is 7.87. The number of thiazole rings is 1. The maximum Gasteiger partial charge on any atom is 0.257 e. The van der Waals surface area contributed by atoms with E-state index in [1.807, 2.05) is 29.2 Å². The van der Waals surface area contributed by atoms with E-state index < -0.39 is 0 Å². The number of anilines is 2. The molecule has 9 heteroatoms. The van der Waals surface area contributed by atoms with Crippen molar-refractivity contribution in [2.45, 2.75) is 25.2 Å². The molecule has 1 aliphatic carbocycles. The van der Waals surface area contributed by atoms with Gasteiger partial charge in [0.1, 0.15) is 5.75 Å². The van der Waals surface area contributed by atoms with Crippen LogP contribution in [-0.2, 0) is 11.2 Å². The SMILES string of the molecule is COc1ccc(C(=O)Nc2nc3c(s2)CCCC3C(=O)N2CCN(c3cccc(Cl)c3)CC2)cc1. The van der Waals surface area contributed by atoms with E-state index in [2.05, 4.69) is 10.2 Å². The lowest BCUT2D eigenvalue weighted by Gasteiger charge is -2.38. The van der Waals surface area contributed by atoms with E-state index in [-0.39, 0.29) is 17.7 Å². The molecule has 2 aliphatic rings. The molecule has 1 aliphatic heterocycles. The second kappa shape index (κ2) is 10.3. The predicted molar refractivity (Wildman–Crippen MR) is 139 cm³/mol. The molecule has 7 nitrogen and oxygen atoms in total. The number of methoxy groups -OCH3 is 1. The third kappa shape index (κ3) is 5.13. The van der Waals surface area contributed by atoms with Crippen LogP contribution in [0.4, 0.5) is 10.8 Å². The van der Waals surface area contributed by atoms with Crippen molar-refractivity contribution < 1.29 is 14.3 Å². The maximum atomic E-state index is 13.5. The van der Waals surface area contributed by atoms with Crippen molar-refractivity contribution in [1.82, 2.24) is 9.88 Å². The Morgan fingerprint density at radius 3 is 2.60 bits per heavy atom. The van der Waals surface area contributed by atoms with E-state index in [1.54, 1.807) is 31.4 Å². The molecular formula is C26H27ClN4O3S. The number of hydrogen-bond acceptors (Lipinski definition) is 6. The number of fused-ring (bicyclic) bond motifs is 1. The minimum absolute atomic E-state index is 0.134. The molecule has 0 saturated carbocycles. The maximum absolute atomic E-state index is 13.5. The number of hydrogen-bond donors (Lipinski definition) is 1. The monoisotopic (exact) mass is 510 g/mol. The van der Waals surface area contributed by atoms with Gasteiger partial charge >= 0.3 is 0 Å². The minimum atomic E-state index is -0.251. The van der Waals surface area contributed by atoms with Crippen molar-refractivity contribution in [2.75, 3.05) is 43.5 Å². The van der Waals surface area contributed by atoms with Gasteiger partial charge in [-0.05, 0) is 61.7 Å². The average molecular weight is 511 g/mol. The smallest absolute Gasteiger partial charge is 0.257 e. The highest BCUT2D eigenvalue weighted by Crippen LogP contribution is 2.38. The van der Waals surface area contributed by atoms with Crippen molar-refractivity contribution in [1.29, 1.82) is 0 Å². The Morgan fingerprint density at radius 1 is 1.11 bits per heavy atom. The van der Waals surface area contributed by atoms with Gasteiger partial charge in [0.2, 0.25) is 5.91 Å². The molecule has 5 rings (SSSR count). The largest absolute Gasteiger partial charge is 0.497 e. The normalized spacial score (nSPS) is 17.6. The number of aromatic nitrogens is 1. The Labute approximate surface area is 213 Å². The molecule has 2 aromatic carbocycles. The van der Waals surface area contributed by atoms with E-state index in [0.717, 1.165) is 48.6 Å². The summed E-state index contributed by atoms with van der Waals surface area (Å²) in [5.41, 5.74) is 2.44. The van der Waals surface area contributed by atoms with Gasteiger partial charge in [0, 0.05) is 47.3 Å². The number of rotatable bonds is 5. The van der Waals surface area contributed by atoms with Crippen molar-refractivity contribution in [3.8, 4) is 5.75 Å². The molecular weight excluding hydrogens is 484 g/mol. The summed E-state index contributed by atoms with van der Waals surface area (Å²) in [5, 5.41) is 4.17. The first-order chi connectivity index (χ1) is 17.0. The first-order valence-corrected chi connectivity index (χ1v) is 13.0. The second-order valence-electron chi connectivity index (χ2n) is 8.75. The number of nitrogens with one attached hydrogen (secondary N) is 1. The van der Waals surface area contributed by atoms with Crippen molar-refractivity contribution in [3.63, 3.8) is 0 Å². The van der Waals surface area contributed by atoms with Crippen LogP contribution in [0, 0.1) is 0 Å². The van der Waals surface area contributed by atoms with Crippen molar-refractivity contribution >= 4 is 45.6 Å². The van der Waals surface area contributed by atoms with Gasteiger partial charge < -0.3 is 14.5 Å². The Morgan fingerprint density at radius 2 is 1.89 bits per heavy atom. The van der Waals surface area contributed by atoms with E-state index in [0.29, 0.717) is 34.6 Å². The van der Waals surface area contributed by atoms with Crippen LogP contribution in [0.3, 0.4) is 0 Å². The summed E-state index contributed by atoms with van der Waals surface area (Å²) in [4.78, 5) is 36.2. The number of amides is 2. The fourth-order valence-corrected chi connectivity index (χ4v) is 5.95. The molecule has 1 aromatic heterocycles. The van der Waals surface area contributed by atoms with Gasteiger partial charge in [0.15, 0.2) is 5.13 Å². The number of carbonyl (C=O) groups is 2. The molecule has 1 saturated heterocycles. The van der Waals surface area contributed by atoms with E-state index in [4.69, 9.17) is 21.3 Å². The van der Waals surface area contributed by atoms with E-state index in [1.165, 1.54) is 11.3 Å².